The van der Waals surface area contributed by atoms with Gasteiger partial charge in [0.2, 0.25) is 0 Å². The number of nitrogens with one attached hydrogen (secondary N) is 3. The molecule has 2 aliphatic rings. The van der Waals surface area contributed by atoms with Gasteiger partial charge in [0, 0.05) is 44.4 Å². The van der Waals surface area contributed by atoms with Gasteiger partial charge in [0.15, 0.2) is 5.65 Å². The molecular weight excluding hydrogens is 462 g/mol. The first-order chi connectivity index (χ1) is 17.5. The Hall–Kier alpha value is -3.44. The summed E-state index contributed by atoms with van der Waals surface area (Å²) in [6, 6.07) is 5.41. The predicted molar refractivity (Wildman–Crippen MR) is 136 cm³/mol. The van der Waals surface area contributed by atoms with Gasteiger partial charge in [-0.1, -0.05) is 0 Å². The molecule has 3 aromatic heterocycles. The summed E-state index contributed by atoms with van der Waals surface area (Å²) in [7, 11) is 3.47. The van der Waals surface area contributed by atoms with Gasteiger partial charge in [-0.05, 0) is 50.7 Å². The largest absolute Gasteiger partial charge is 0.396 e. The molecule has 0 spiro atoms. The molecule has 5 rings (SSSR count). The molecular formula is C25H33N7O4. The number of carbonyl (C=O) groups excluding carboxylic acids is 1. The monoisotopic (exact) mass is 495 g/mol. The first-order valence-corrected chi connectivity index (χ1v) is 12.4. The third kappa shape index (κ3) is 4.68. The Morgan fingerprint density at radius 3 is 2.89 bits per heavy atom. The van der Waals surface area contributed by atoms with Crippen LogP contribution >= 0.6 is 0 Å². The molecule has 0 bridgehead atoms. The Bertz CT molecular complexity index is 1310. The van der Waals surface area contributed by atoms with Crippen molar-refractivity contribution in [2.24, 2.45) is 5.41 Å². The van der Waals surface area contributed by atoms with Crippen LogP contribution in [0.4, 0.5) is 17.3 Å². The van der Waals surface area contributed by atoms with E-state index in [9.17, 15) is 14.7 Å². The average Bonchev–Trinajstić information content (AvgIpc) is 3.57. The van der Waals surface area contributed by atoms with E-state index in [2.05, 4.69) is 26.0 Å². The SMILES string of the molecule is CNc1cc(Nc2cccn([C@@H]3CCC[C@@H](OC)C3)c2=O)nc2c(C(=O)NCC3(CO)CC3)cnn12. The second kappa shape index (κ2) is 9.90. The van der Waals surface area contributed by atoms with Crippen molar-refractivity contribution < 1.29 is 14.6 Å². The molecule has 2 saturated carbocycles. The zero-order valence-corrected chi connectivity index (χ0v) is 20.7. The number of methoxy groups -OCH3 is 1. The smallest absolute Gasteiger partial charge is 0.274 e. The number of aromatic nitrogens is 4. The summed E-state index contributed by atoms with van der Waals surface area (Å²) in [5.74, 6) is 0.731. The number of aliphatic hydroxyl groups is 1. The van der Waals surface area contributed by atoms with Gasteiger partial charge >= 0.3 is 0 Å². The lowest BCUT2D eigenvalue weighted by molar-refractivity contribution is 0.0525. The van der Waals surface area contributed by atoms with Crippen molar-refractivity contribution in [1.29, 1.82) is 0 Å². The summed E-state index contributed by atoms with van der Waals surface area (Å²) < 4.78 is 8.87. The van der Waals surface area contributed by atoms with E-state index in [1.807, 2.05) is 12.3 Å². The number of fused-ring (bicyclic) bond motifs is 1. The summed E-state index contributed by atoms with van der Waals surface area (Å²) >= 11 is 0. The number of pyridine rings is 1. The number of carbonyl (C=O) groups is 1. The van der Waals surface area contributed by atoms with Gasteiger partial charge in [0.05, 0.1) is 18.9 Å². The first kappa shape index (κ1) is 24.3. The van der Waals surface area contributed by atoms with Crippen LogP contribution in [0.1, 0.15) is 54.9 Å². The lowest BCUT2D eigenvalue weighted by Gasteiger charge is -2.29. The molecule has 0 aliphatic heterocycles. The topological polar surface area (TPSA) is 135 Å². The van der Waals surface area contributed by atoms with Gasteiger partial charge in [-0.3, -0.25) is 9.59 Å². The fraction of sp³-hybridized carbons (Fsp3) is 0.520. The van der Waals surface area contributed by atoms with Crippen molar-refractivity contribution in [3.63, 3.8) is 0 Å². The zero-order chi connectivity index (χ0) is 25.3. The van der Waals surface area contributed by atoms with Crippen molar-refractivity contribution in [3.8, 4) is 0 Å². The van der Waals surface area contributed by atoms with Crippen molar-refractivity contribution in [2.45, 2.75) is 50.7 Å². The van der Waals surface area contributed by atoms with Gasteiger partial charge < -0.3 is 30.4 Å². The van der Waals surface area contributed by atoms with Crippen molar-refractivity contribution >= 4 is 28.9 Å². The van der Waals surface area contributed by atoms with Crippen LogP contribution in [-0.2, 0) is 4.74 Å². The highest BCUT2D eigenvalue weighted by atomic mass is 16.5. The van der Waals surface area contributed by atoms with E-state index < -0.39 is 0 Å². The summed E-state index contributed by atoms with van der Waals surface area (Å²) in [5.41, 5.74) is 0.755. The molecule has 4 N–H and O–H groups in total. The Morgan fingerprint density at radius 1 is 1.33 bits per heavy atom. The summed E-state index contributed by atoms with van der Waals surface area (Å²) in [4.78, 5) is 30.9. The fourth-order valence-electron chi connectivity index (χ4n) is 4.91. The van der Waals surface area contributed by atoms with Gasteiger partial charge in [-0.15, -0.1) is 0 Å². The number of aliphatic hydroxyl groups excluding tert-OH is 1. The molecule has 0 radical (unpaired) electrons. The third-order valence-electron chi connectivity index (χ3n) is 7.45. The summed E-state index contributed by atoms with van der Waals surface area (Å²) in [6.45, 7) is 0.463. The second-order valence-electron chi connectivity index (χ2n) is 9.85. The van der Waals surface area contributed by atoms with E-state index in [4.69, 9.17) is 4.74 Å². The van der Waals surface area contributed by atoms with E-state index >= 15 is 0 Å². The maximum Gasteiger partial charge on any atom is 0.274 e. The average molecular weight is 496 g/mol. The van der Waals surface area contributed by atoms with Crippen molar-refractivity contribution in [3.05, 3.63) is 46.5 Å². The molecule has 192 valence electrons. The molecule has 2 atom stereocenters. The molecule has 3 aromatic rings. The van der Waals surface area contributed by atoms with Crippen LogP contribution < -0.4 is 21.5 Å². The van der Waals surface area contributed by atoms with Crippen LogP contribution in [0.25, 0.3) is 5.65 Å². The van der Waals surface area contributed by atoms with Gasteiger partial charge in [0.25, 0.3) is 11.5 Å². The number of hydrogen-bond acceptors (Lipinski definition) is 8. The number of hydrogen-bond donors (Lipinski definition) is 4. The maximum absolute atomic E-state index is 13.3. The van der Waals surface area contributed by atoms with Crippen LogP contribution in [0.2, 0.25) is 0 Å². The molecule has 2 fully saturated rings. The minimum Gasteiger partial charge on any atom is -0.396 e. The first-order valence-electron chi connectivity index (χ1n) is 12.4. The minimum atomic E-state index is -0.302. The van der Waals surface area contributed by atoms with E-state index in [1.165, 1.54) is 6.20 Å². The normalized spacial score (nSPS) is 20.8. The minimum absolute atomic E-state index is 0.0554. The van der Waals surface area contributed by atoms with E-state index in [0.717, 1.165) is 38.5 Å². The Morgan fingerprint density at radius 2 is 2.17 bits per heavy atom. The predicted octanol–water partition coefficient (Wildman–Crippen LogP) is 2.31. The molecule has 11 heteroatoms. The summed E-state index contributed by atoms with van der Waals surface area (Å²) in [5, 5.41) is 23.0. The molecule has 3 heterocycles. The highest BCUT2D eigenvalue weighted by Gasteiger charge is 2.42. The van der Waals surface area contributed by atoms with Crippen LogP contribution in [0.3, 0.4) is 0 Å². The summed E-state index contributed by atoms with van der Waals surface area (Å²) in [6.07, 6.45) is 9.03. The number of anilines is 3. The van der Waals surface area contributed by atoms with Crippen LogP contribution in [0.15, 0.2) is 35.4 Å². The van der Waals surface area contributed by atoms with E-state index in [1.54, 1.807) is 35.4 Å². The Kier molecular flexibility index (Phi) is 6.67. The molecule has 11 nitrogen and oxygen atoms in total. The fourth-order valence-corrected chi connectivity index (χ4v) is 4.91. The number of nitrogens with zero attached hydrogens (tertiary/aromatic N) is 4. The number of amides is 1. The van der Waals surface area contributed by atoms with Crippen LogP contribution in [0.5, 0.6) is 0 Å². The number of rotatable bonds is 9. The number of ether oxygens (including phenoxy) is 1. The molecule has 0 unspecified atom stereocenters. The maximum atomic E-state index is 13.3. The third-order valence-corrected chi connectivity index (χ3v) is 7.45. The van der Waals surface area contributed by atoms with Crippen LogP contribution in [0, 0.1) is 5.41 Å². The van der Waals surface area contributed by atoms with Crippen LogP contribution in [-0.4, -0.2) is 63.6 Å². The lowest BCUT2D eigenvalue weighted by atomic mass is 9.92. The lowest BCUT2D eigenvalue weighted by Crippen LogP contribution is -2.32. The second-order valence-corrected chi connectivity index (χ2v) is 9.85. The molecule has 2 aliphatic carbocycles. The van der Waals surface area contributed by atoms with Gasteiger partial charge in [-0.2, -0.15) is 9.61 Å². The highest BCUT2D eigenvalue weighted by Crippen LogP contribution is 2.44. The van der Waals surface area contributed by atoms with Gasteiger partial charge in [0.1, 0.15) is 22.9 Å². The molecule has 36 heavy (non-hydrogen) atoms. The molecule has 0 aromatic carbocycles. The van der Waals surface area contributed by atoms with E-state index in [-0.39, 0.29) is 35.6 Å². The molecule has 0 saturated heterocycles. The molecule has 1 amide bonds. The zero-order valence-electron chi connectivity index (χ0n) is 20.7. The standard InChI is InChI=1S/C25H33N7O4/c1-26-21-12-20(29-19-7-4-10-31(24(19)35)16-5-3-6-17(11-16)36-2)30-22-18(13-28-32(21)22)23(34)27-14-25(15-33)8-9-25/h4,7,10,12-13,16-17,26,33H,3,5-6,8-9,11,14-15H2,1-2H3,(H,27,34)(H,29,30)/t16-,17-/m1/s1. The Balaban J connectivity index is 1.42. The Labute approximate surface area is 208 Å². The quantitative estimate of drug-likeness (QED) is 0.355. The highest BCUT2D eigenvalue weighted by molar-refractivity contribution is 6.00. The van der Waals surface area contributed by atoms with E-state index in [0.29, 0.717) is 35.1 Å². The van der Waals surface area contributed by atoms with Gasteiger partial charge in [-0.25, -0.2) is 4.98 Å². The van der Waals surface area contributed by atoms with Crippen molar-refractivity contribution in [2.75, 3.05) is 37.9 Å². The van der Waals surface area contributed by atoms with Crippen molar-refractivity contribution in [1.82, 2.24) is 24.5 Å².